The second-order valence-corrected chi connectivity index (χ2v) is 10.4. The van der Waals surface area contributed by atoms with E-state index in [2.05, 4.69) is 9.47 Å². The maximum atomic E-state index is 13.3. The molecule has 3 heterocycles. The standard InChI is InChI=1S/C21H19ClF2N2O5S/c22-15-3-1-2-4-18(15)32(28,29)25-10-7-20(8-11-25)9-12-26(19(20)27)14-5-6-16-17(13-14)31-21(23,24)30-16/h1-6,13H,7-12H2. The molecule has 1 spiro atoms. The highest BCUT2D eigenvalue weighted by atomic mass is 35.5. The van der Waals surface area contributed by atoms with Crippen LogP contribution in [0.5, 0.6) is 11.5 Å². The molecule has 32 heavy (non-hydrogen) atoms. The molecule has 2 fully saturated rings. The van der Waals surface area contributed by atoms with Crippen LogP contribution < -0.4 is 14.4 Å². The number of anilines is 1. The predicted molar refractivity (Wildman–Crippen MR) is 111 cm³/mol. The van der Waals surface area contributed by atoms with Crippen LogP contribution in [-0.4, -0.2) is 44.6 Å². The molecule has 170 valence electrons. The summed E-state index contributed by atoms with van der Waals surface area (Å²) < 4.78 is 62.9. The highest BCUT2D eigenvalue weighted by Gasteiger charge is 2.50. The van der Waals surface area contributed by atoms with E-state index >= 15 is 0 Å². The zero-order chi connectivity index (χ0) is 22.7. The molecule has 3 aliphatic rings. The molecule has 0 aromatic heterocycles. The van der Waals surface area contributed by atoms with Crippen molar-refractivity contribution in [3.05, 3.63) is 47.5 Å². The lowest BCUT2D eigenvalue weighted by atomic mass is 9.77. The number of ether oxygens (including phenoxy) is 2. The van der Waals surface area contributed by atoms with Crippen LogP contribution in [0.2, 0.25) is 5.02 Å². The van der Waals surface area contributed by atoms with Crippen molar-refractivity contribution < 1.29 is 31.5 Å². The van der Waals surface area contributed by atoms with Gasteiger partial charge in [-0.1, -0.05) is 23.7 Å². The van der Waals surface area contributed by atoms with E-state index in [1.165, 1.54) is 34.6 Å². The van der Waals surface area contributed by atoms with Crippen LogP contribution in [0.15, 0.2) is 47.4 Å². The third-order valence-corrected chi connectivity index (χ3v) is 8.74. The normalized spacial score (nSPS) is 22.0. The van der Waals surface area contributed by atoms with Gasteiger partial charge in [-0.2, -0.15) is 4.31 Å². The topological polar surface area (TPSA) is 76.2 Å². The van der Waals surface area contributed by atoms with E-state index in [0.717, 1.165) is 0 Å². The number of hydrogen-bond donors (Lipinski definition) is 0. The van der Waals surface area contributed by atoms with E-state index in [1.54, 1.807) is 17.0 Å². The first-order valence-corrected chi connectivity index (χ1v) is 11.9. The molecule has 11 heteroatoms. The predicted octanol–water partition coefficient (Wildman–Crippen LogP) is 3.87. The van der Waals surface area contributed by atoms with Gasteiger partial charge in [0.05, 0.1) is 10.4 Å². The molecule has 7 nitrogen and oxygen atoms in total. The van der Waals surface area contributed by atoms with Crippen molar-refractivity contribution in [2.45, 2.75) is 30.5 Å². The highest BCUT2D eigenvalue weighted by molar-refractivity contribution is 7.89. The summed E-state index contributed by atoms with van der Waals surface area (Å²) in [6, 6.07) is 10.5. The smallest absolute Gasteiger partial charge is 0.395 e. The fourth-order valence-corrected chi connectivity index (χ4v) is 6.52. The van der Waals surface area contributed by atoms with Crippen molar-refractivity contribution >= 4 is 33.2 Å². The van der Waals surface area contributed by atoms with Crippen LogP contribution in [0.25, 0.3) is 0 Å². The van der Waals surface area contributed by atoms with Gasteiger partial charge < -0.3 is 14.4 Å². The Kier molecular flexibility index (Phi) is 4.88. The van der Waals surface area contributed by atoms with Crippen molar-refractivity contribution in [1.29, 1.82) is 0 Å². The minimum absolute atomic E-state index is 0.0501. The maximum absolute atomic E-state index is 13.3. The zero-order valence-electron chi connectivity index (χ0n) is 16.8. The third kappa shape index (κ3) is 3.41. The number of hydrogen-bond acceptors (Lipinski definition) is 5. The number of halogens is 3. The van der Waals surface area contributed by atoms with Gasteiger partial charge >= 0.3 is 6.29 Å². The van der Waals surface area contributed by atoms with Crippen LogP contribution in [0, 0.1) is 5.41 Å². The fraction of sp³-hybridized carbons (Fsp3) is 0.381. The van der Waals surface area contributed by atoms with Crippen molar-refractivity contribution in [2.24, 2.45) is 5.41 Å². The van der Waals surface area contributed by atoms with Gasteiger partial charge in [-0.3, -0.25) is 4.79 Å². The number of nitrogens with zero attached hydrogens (tertiary/aromatic N) is 2. The van der Waals surface area contributed by atoms with Crippen molar-refractivity contribution in [3.63, 3.8) is 0 Å². The lowest BCUT2D eigenvalue weighted by Crippen LogP contribution is -2.46. The molecular formula is C21H19ClF2N2O5S. The molecule has 0 radical (unpaired) electrons. The molecule has 5 rings (SSSR count). The lowest BCUT2D eigenvalue weighted by Gasteiger charge is -2.37. The number of carbonyl (C=O) groups excluding carboxylic acids is 1. The number of sulfonamides is 1. The Bertz CT molecular complexity index is 1200. The first kappa shape index (κ1) is 21.4. The van der Waals surface area contributed by atoms with E-state index < -0.39 is 21.7 Å². The van der Waals surface area contributed by atoms with Crippen LogP contribution in [0.1, 0.15) is 19.3 Å². The number of alkyl halides is 2. The molecule has 2 aromatic rings. The minimum Gasteiger partial charge on any atom is -0.395 e. The summed E-state index contributed by atoms with van der Waals surface area (Å²) in [6.45, 7) is 0.799. The largest absolute Gasteiger partial charge is 0.586 e. The van der Waals surface area contributed by atoms with Gasteiger partial charge in [-0.05, 0) is 43.5 Å². The summed E-state index contributed by atoms with van der Waals surface area (Å²) >= 11 is 6.08. The van der Waals surface area contributed by atoms with Gasteiger partial charge in [0.15, 0.2) is 11.5 Å². The first-order chi connectivity index (χ1) is 15.1. The average Bonchev–Trinajstić information content (AvgIpc) is 3.23. The number of rotatable bonds is 3. The SMILES string of the molecule is O=C1N(c2ccc3c(c2)OC(F)(F)O3)CCC12CCN(S(=O)(=O)c1ccccc1Cl)CC2. The lowest BCUT2D eigenvalue weighted by molar-refractivity contribution is -0.286. The summed E-state index contributed by atoms with van der Waals surface area (Å²) in [7, 11) is -3.76. The number of benzene rings is 2. The fourth-order valence-electron chi connectivity index (χ4n) is 4.58. The molecule has 2 aromatic carbocycles. The average molecular weight is 485 g/mol. The van der Waals surface area contributed by atoms with Crippen LogP contribution in [0.4, 0.5) is 14.5 Å². The quantitative estimate of drug-likeness (QED) is 0.661. The number of carbonyl (C=O) groups is 1. The van der Waals surface area contributed by atoms with Gasteiger partial charge in [0, 0.05) is 31.4 Å². The van der Waals surface area contributed by atoms with Crippen molar-refractivity contribution in [2.75, 3.05) is 24.5 Å². The summed E-state index contributed by atoms with van der Waals surface area (Å²) in [6.07, 6.45) is -2.43. The summed E-state index contributed by atoms with van der Waals surface area (Å²) in [4.78, 5) is 14.9. The molecule has 0 bridgehead atoms. The minimum atomic E-state index is -3.76. The Morgan fingerprint density at radius 2 is 1.59 bits per heavy atom. The van der Waals surface area contributed by atoms with Gasteiger partial charge in [0.1, 0.15) is 4.90 Å². The van der Waals surface area contributed by atoms with E-state index in [-0.39, 0.29) is 40.4 Å². The molecule has 0 saturated carbocycles. The number of amides is 1. The Labute approximate surface area is 188 Å². The van der Waals surface area contributed by atoms with E-state index in [0.29, 0.717) is 31.5 Å². The monoisotopic (exact) mass is 484 g/mol. The van der Waals surface area contributed by atoms with Crippen molar-refractivity contribution in [1.82, 2.24) is 4.31 Å². The highest BCUT2D eigenvalue weighted by Crippen LogP contribution is 2.47. The zero-order valence-corrected chi connectivity index (χ0v) is 18.3. The second-order valence-electron chi connectivity index (χ2n) is 8.12. The molecule has 0 aliphatic carbocycles. The molecule has 2 saturated heterocycles. The summed E-state index contributed by atoms with van der Waals surface area (Å²) in [5.41, 5.74) is -0.245. The van der Waals surface area contributed by atoms with E-state index in [1.807, 2.05) is 0 Å². The Balaban J connectivity index is 1.32. The molecule has 0 N–H and O–H groups in total. The Morgan fingerprint density at radius 1 is 0.938 bits per heavy atom. The molecule has 0 atom stereocenters. The van der Waals surface area contributed by atoms with Crippen LogP contribution in [-0.2, 0) is 14.8 Å². The van der Waals surface area contributed by atoms with E-state index in [9.17, 15) is 22.0 Å². The Hall–Kier alpha value is -2.43. The van der Waals surface area contributed by atoms with Crippen LogP contribution >= 0.6 is 11.6 Å². The Morgan fingerprint density at radius 3 is 2.31 bits per heavy atom. The number of piperidine rings is 1. The van der Waals surface area contributed by atoms with E-state index in [4.69, 9.17) is 11.6 Å². The van der Waals surface area contributed by atoms with Gasteiger partial charge in [-0.15, -0.1) is 8.78 Å². The second kappa shape index (κ2) is 7.29. The van der Waals surface area contributed by atoms with Crippen LogP contribution in [0.3, 0.4) is 0 Å². The summed E-state index contributed by atoms with van der Waals surface area (Å²) in [5.74, 6) is -0.349. The maximum Gasteiger partial charge on any atom is 0.586 e. The van der Waals surface area contributed by atoms with Crippen molar-refractivity contribution in [3.8, 4) is 11.5 Å². The van der Waals surface area contributed by atoms with Gasteiger partial charge in [0.25, 0.3) is 0 Å². The molecular weight excluding hydrogens is 466 g/mol. The molecule has 0 unspecified atom stereocenters. The first-order valence-electron chi connectivity index (χ1n) is 10.1. The molecule has 3 aliphatic heterocycles. The van der Waals surface area contributed by atoms with Gasteiger partial charge in [0.2, 0.25) is 15.9 Å². The summed E-state index contributed by atoms with van der Waals surface area (Å²) in [5, 5.41) is 0.157. The molecule has 1 amide bonds. The third-order valence-electron chi connectivity index (χ3n) is 6.34. The van der Waals surface area contributed by atoms with Gasteiger partial charge in [-0.25, -0.2) is 8.42 Å². The number of fused-ring (bicyclic) bond motifs is 1.